The highest BCUT2D eigenvalue weighted by molar-refractivity contribution is 5.86. The maximum atomic E-state index is 14.4. The molecule has 1 aliphatic rings. The fraction of sp³-hybridized carbons (Fsp3) is 0.550. The Morgan fingerprint density at radius 1 is 1.24 bits per heavy atom. The SMILES string of the molecule is CCCCN1CCC(Oc2cc3c(CC)c[nH]c(=O)c3cc2F)CC1. The molecule has 2 heterocycles. The quantitative estimate of drug-likeness (QED) is 0.863. The van der Waals surface area contributed by atoms with Gasteiger partial charge in [-0.25, -0.2) is 4.39 Å². The number of benzene rings is 1. The molecule has 0 saturated carbocycles. The molecule has 1 aromatic heterocycles. The first-order chi connectivity index (χ1) is 12.1. The number of ether oxygens (including phenoxy) is 1. The third-order valence-electron chi connectivity index (χ3n) is 5.08. The summed E-state index contributed by atoms with van der Waals surface area (Å²) in [6, 6.07) is 3.00. The molecule has 0 spiro atoms. The Balaban J connectivity index is 1.76. The lowest BCUT2D eigenvalue weighted by atomic mass is 10.0. The van der Waals surface area contributed by atoms with E-state index in [1.54, 1.807) is 12.3 Å². The number of hydrogen-bond acceptors (Lipinski definition) is 3. The minimum atomic E-state index is -0.459. The third-order valence-corrected chi connectivity index (χ3v) is 5.08. The van der Waals surface area contributed by atoms with Crippen LogP contribution in [0.3, 0.4) is 0 Å². The molecule has 136 valence electrons. The molecule has 25 heavy (non-hydrogen) atoms. The van der Waals surface area contributed by atoms with Crippen LogP contribution in [0.4, 0.5) is 4.39 Å². The van der Waals surface area contributed by atoms with Crippen LogP contribution in [0, 0.1) is 5.82 Å². The maximum Gasteiger partial charge on any atom is 0.255 e. The Hall–Kier alpha value is -1.88. The number of unbranched alkanes of at least 4 members (excludes halogenated alkanes) is 1. The molecular weight excluding hydrogens is 319 g/mol. The van der Waals surface area contributed by atoms with E-state index in [0.717, 1.165) is 49.8 Å². The van der Waals surface area contributed by atoms with Gasteiger partial charge in [-0.2, -0.15) is 0 Å². The van der Waals surface area contributed by atoms with Gasteiger partial charge in [-0.05, 0) is 55.3 Å². The van der Waals surface area contributed by atoms with Crippen molar-refractivity contribution in [3.63, 3.8) is 0 Å². The second kappa shape index (κ2) is 8.00. The van der Waals surface area contributed by atoms with Crippen LogP contribution in [0.15, 0.2) is 23.1 Å². The number of pyridine rings is 1. The molecule has 3 rings (SSSR count). The van der Waals surface area contributed by atoms with Gasteiger partial charge in [0.15, 0.2) is 11.6 Å². The fourth-order valence-corrected chi connectivity index (χ4v) is 3.51. The van der Waals surface area contributed by atoms with Crippen molar-refractivity contribution in [2.24, 2.45) is 0 Å². The Bertz CT molecular complexity index is 779. The van der Waals surface area contributed by atoms with Crippen LogP contribution in [0.5, 0.6) is 5.75 Å². The molecule has 4 nitrogen and oxygen atoms in total. The van der Waals surface area contributed by atoms with Crippen LogP contribution >= 0.6 is 0 Å². The number of halogens is 1. The van der Waals surface area contributed by atoms with Gasteiger partial charge in [0.1, 0.15) is 6.10 Å². The Morgan fingerprint density at radius 2 is 2.00 bits per heavy atom. The molecule has 5 heteroatoms. The molecule has 0 unspecified atom stereocenters. The first-order valence-corrected chi connectivity index (χ1v) is 9.35. The number of likely N-dealkylation sites (tertiary alicyclic amines) is 1. The van der Waals surface area contributed by atoms with E-state index in [1.165, 1.54) is 18.9 Å². The van der Waals surface area contributed by atoms with Gasteiger partial charge in [0.05, 0.1) is 5.39 Å². The topological polar surface area (TPSA) is 45.3 Å². The lowest BCUT2D eigenvalue weighted by molar-refractivity contribution is 0.0966. The summed E-state index contributed by atoms with van der Waals surface area (Å²) in [5, 5.41) is 1.17. The number of nitrogens with one attached hydrogen (secondary N) is 1. The Morgan fingerprint density at radius 3 is 2.68 bits per heavy atom. The normalized spacial score (nSPS) is 16.4. The maximum absolute atomic E-state index is 14.4. The number of fused-ring (bicyclic) bond motifs is 1. The highest BCUT2D eigenvalue weighted by Gasteiger charge is 2.22. The van der Waals surface area contributed by atoms with Crippen molar-refractivity contribution in [2.45, 2.75) is 52.1 Å². The van der Waals surface area contributed by atoms with Crippen molar-refractivity contribution in [3.05, 3.63) is 40.1 Å². The van der Waals surface area contributed by atoms with Gasteiger partial charge in [-0.3, -0.25) is 4.79 Å². The van der Waals surface area contributed by atoms with E-state index in [0.29, 0.717) is 5.39 Å². The zero-order valence-electron chi connectivity index (χ0n) is 15.1. The largest absolute Gasteiger partial charge is 0.487 e. The molecule has 0 bridgehead atoms. The lowest BCUT2D eigenvalue weighted by Gasteiger charge is -2.32. The van der Waals surface area contributed by atoms with Gasteiger partial charge in [0.2, 0.25) is 0 Å². The van der Waals surface area contributed by atoms with E-state index in [1.807, 2.05) is 6.92 Å². The number of aromatic amines is 1. The summed E-state index contributed by atoms with van der Waals surface area (Å²) in [4.78, 5) is 17.1. The Kier molecular flexibility index (Phi) is 5.74. The summed E-state index contributed by atoms with van der Waals surface area (Å²) in [6.07, 6.45) is 6.77. The van der Waals surface area contributed by atoms with E-state index < -0.39 is 5.82 Å². The van der Waals surface area contributed by atoms with Gasteiger partial charge in [-0.15, -0.1) is 0 Å². The molecular formula is C20H27FN2O2. The molecule has 0 aliphatic carbocycles. The molecule has 1 aromatic carbocycles. The lowest BCUT2D eigenvalue weighted by Crippen LogP contribution is -2.38. The van der Waals surface area contributed by atoms with Gasteiger partial charge < -0.3 is 14.6 Å². The molecule has 0 atom stereocenters. The molecule has 1 fully saturated rings. The molecule has 1 N–H and O–H groups in total. The first-order valence-electron chi connectivity index (χ1n) is 9.35. The van der Waals surface area contributed by atoms with Crippen LogP contribution in [-0.2, 0) is 6.42 Å². The summed E-state index contributed by atoms with van der Waals surface area (Å²) < 4.78 is 20.4. The van der Waals surface area contributed by atoms with Crippen LogP contribution in [-0.4, -0.2) is 35.6 Å². The van der Waals surface area contributed by atoms with Crippen LogP contribution < -0.4 is 10.3 Å². The third kappa shape index (κ3) is 4.03. The van der Waals surface area contributed by atoms with Crippen molar-refractivity contribution in [2.75, 3.05) is 19.6 Å². The standard InChI is InChI=1S/C20H27FN2O2/c1-3-5-8-23-9-6-15(7-10-23)25-19-12-16-14(4-2)13-22-20(24)17(16)11-18(19)21/h11-13,15H,3-10H2,1-2H3,(H,22,24). The van der Waals surface area contributed by atoms with Gasteiger partial charge in [0, 0.05) is 19.3 Å². The second-order valence-corrected chi connectivity index (χ2v) is 6.84. The number of rotatable bonds is 6. The van der Waals surface area contributed by atoms with Crippen LogP contribution in [0.25, 0.3) is 10.8 Å². The van der Waals surface area contributed by atoms with E-state index in [-0.39, 0.29) is 17.4 Å². The highest BCUT2D eigenvalue weighted by atomic mass is 19.1. The van der Waals surface area contributed by atoms with Crippen LogP contribution in [0.1, 0.15) is 45.1 Å². The van der Waals surface area contributed by atoms with E-state index >= 15 is 0 Å². The minimum absolute atomic E-state index is 0.0388. The zero-order valence-corrected chi connectivity index (χ0v) is 15.1. The smallest absolute Gasteiger partial charge is 0.255 e. The predicted molar refractivity (Wildman–Crippen MR) is 98.9 cm³/mol. The summed E-state index contributed by atoms with van der Waals surface area (Å²) >= 11 is 0. The number of nitrogens with zero attached hydrogens (tertiary/aromatic N) is 1. The van der Waals surface area contributed by atoms with E-state index in [9.17, 15) is 9.18 Å². The molecule has 0 radical (unpaired) electrons. The average molecular weight is 346 g/mol. The highest BCUT2D eigenvalue weighted by Crippen LogP contribution is 2.28. The van der Waals surface area contributed by atoms with Crippen molar-refractivity contribution >= 4 is 10.8 Å². The molecule has 0 amide bonds. The van der Waals surface area contributed by atoms with Crippen LogP contribution in [0.2, 0.25) is 0 Å². The molecule has 1 aliphatic heterocycles. The second-order valence-electron chi connectivity index (χ2n) is 6.84. The van der Waals surface area contributed by atoms with Gasteiger partial charge in [0.25, 0.3) is 5.56 Å². The Labute approximate surface area is 148 Å². The van der Waals surface area contributed by atoms with Gasteiger partial charge in [-0.1, -0.05) is 20.3 Å². The number of piperidine rings is 1. The predicted octanol–water partition coefficient (Wildman–Crippen LogP) is 3.87. The summed E-state index contributed by atoms with van der Waals surface area (Å²) in [5.74, 6) is -0.195. The fourth-order valence-electron chi connectivity index (χ4n) is 3.51. The molecule has 2 aromatic rings. The summed E-state index contributed by atoms with van der Waals surface area (Å²) in [6.45, 7) is 7.35. The van der Waals surface area contributed by atoms with Crippen molar-refractivity contribution in [3.8, 4) is 5.75 Å². The van der Waals surface area contributed by atoms with Crippen molar-refractivity contribution < 1.29 is 9.13 Å². The van der Waals surface area contributed by atoms with Crippen molar-refractivity contribution in [1.82, 2.24) is 9.88 Å². The minimum Gasteiger partial charge on any atom is -0.487 e. The number of hydrogen-bond donors (Lipinski definition) is 1. The zero-order chi connectivity index (χ0) is 17.8. The number of aromatic nitrogens is 1. The monoisotopic (exact) mass is 346 g/mol. The summed E-state index contributed by atoms with van der Waals surface area (Å²) in [7, 11) is 0. The number of H-pyrrole nitrogens is 1. The average Bonchev–Trinajstić information content (AvgIpc) is 2.63. The van der Waals surface area contributed by atoms with Crippen molar-refractivity contribution in [1.29, 1.82) is 0 Å². The van der Waals surface area contributed by atoms with E-state index in [4.69, 9.17) is 4.74 Å². The van der Waals surface area contributed by atoms with E-state index in [2.05, 4.69) is 16.8 Å². The van der Waals surface area contributed by atoms with Gasteiger partial charge >= 0.3 is 0 Å². The number of aryl methyl sites for hydroxylation is 1. The molecule has 1 saturated heterocycles. The summed E-state index contributed by atoms with van der Waals surface area (Å²) in [5.41, 5.74) is 0.732. The first kappa shape index (κ1) is 17.9.